The lowest BCUT2D eigenvalue weighted by molar-refractivity contribution is -0.159. The fourth-order valence-electron chi connectivity index (χ4n) is 6.77. The summed E-state index contributed by atoms with van der Waals surface area (Å²) in [6.07, 6.45) is 2.91. The van der Waals surface area contributed by atoms with Gasteiger partial charge in [0.15, 0.2) is 5.41 Å². The van der Waals surface area contributed by atoms with Crippen LogP contribution in [0.4, 0.5) is 21.0 Å². The van der Waals surface area contributed by atoms with Crippen LogP contribution in [-0.2, 0) is 25.6 Å². The molecule has 11 nitrogen and oxygen atoms in total. The van der Waals surface area contributed by atoms with Gasteiger partial charge in [0, 0.05) is 26.3 Å². The molecule has 1 N–H and O–H groups in total. The molecule has 1 atom stereocenters. The zero-order chi connectivity index (χ0) is 29.4. The molecule has 0 saturated carbocycles. The van der Waals surface area contributed by atoms with Gasteiger partial charge in [-0.1, -0.05) is 12.1 Å². The summed E-state index contributed by atoms with van der Waals surface area (Å²) in [6.45, 7) is 4.35. The van der Waals surface area contributed by atoms with Crippen molar-refractivity contribution in [1.82, 2.24) is 15.1 Å². The van der Waals surface area contributed by atoms with Crippen LogP contribution in [0.1, 0.15) is 35.1 Å². The minimum atomic E-state index is -1.46. The number of nitrogens with zero attached hydrogens (tertiary/aromatic N) is 4. The predicted molar refractivity (Wildman–Crippen MR) is 149 cm³/mol. The van der Waals surface area contributed by atoms with E-state index in [-0.39, 0.29) is 18.0 Å². The van der Waals surface area contributed by atoms with Crippen molar-refractivity contribution in [3.8, 4) is 0 Å². The summed E-state index contributed by atoms with van der Waals surface area (Å²) in [5, 5.41) is 2.25. The Balaban J connectivity index is 1.41. The van der Waals surface area contributed by atoms with Crippen LogP contribution < -0.4 is 15.1 Å². The highest BCUT2D eigenvalue weighted by Crippen LogP contribution is 2.49. The molecule has 4 aliphatic heterocycles. The predicted octanol–water partition coefficient (Wildman–Crippen LogP) is 2.53. The summed E-state index contributed by atoms with van der Waals surface area (Å²) in [5.74, 6) is -2.62. The minimum Gasteiger partial charge on any atom is -0.367 e. The number of carbonyl (C=O) groups is 6. The van der Waals surface area contributed by atoms with Crippen LogP contribution in [0.3, 0.4) is 0 Å². The zero-order valence-electron chi connectivity index (χ0n) is 23.2. The van der Waals surface area contributed by atoms with Crippen molar-refractivity contribution < 1.29 is 28.8 Å². The van der Waals surface area contributed by atoms with Gasteiger partial charge < -0.3 is 4.90 Å². The Bertz CT molecular complexity index is 1580. The summed E-state index contributed by atoms with van der Waals surface area (Å²) >= 11 is 0. The van der Waals surface area contributed by atoms with Gasteiger partial charge in [-0.05, 0) is 85.7 Å². The highest BCUT2D eigenvalue weighted by molar-refractivity contribution is 6.39. The van der Waals surface area contributed by atoms with Gasteiger partial charge >= 0.3 is 12.1 Å². The normalized spacial score (nSPS) is 23.0. The zero-order valence-corrected chi connectivity index (χ0v) is 23.2. The fraction of sp³-hybridized carbons (Fsp3) is 0.333. The Morgan fingerprint density at radius 2 is 1.56 bits per heavy atom. The number of amides is 8. The number of barbiturate groups is 2. The van der Waals surface area contributed by atoms with Crippen LogP contribution in [0.2, 0.25) is 0 Å². The average molecular weight is 556 g/mol. The number of hydrogen-bond acceptors (Lipinski definition) is 7. The highest BCUT2D eigenvalue weighted by Gasteiger charge is 2.63. The molecule has 11 heteroatoms. The van der Waals surface area contributed by atoms with E-state index in [1.54, 1.807) is 24.3 Å². The Labute approximate surface area is 236 Å². The van der Waals surface area contributed by atoms with Gasteiger partial charge in [0.25, 0.3) is 11.8 Å². The first-order valence-electron chi connectivity index (χ1n) is 13.4. The van der Waals surface area contributed by atoms with Crippen LogP contribution >= 0.6 is 0 Å². The first-order chi connectivity index (χ1) is 19.4. The Hall–Kier alpha value is -4.80. The number of imide groups is 4. The molecule has 0 radical (unpaired) electrons. The van der Waals surface area contributed by atoms with Gasteiger partial charge in [0.05, 0.1) is 11.7 Å². The summed E-state index contributed by atoms with van der Waals surface area (Å²) < 4.78 is 0. The third kappa shape index (κ3) is 3.79. The second-order valence-electron chi connectivity index (χ2n) is 11.2. The standard InChI is InChI=1S/C30H29N5O6/c1-16-10-17(2)12-20(11-16)35-25(37)21(24(36)31-28(35)40)14-18-7-8-22-19(13-18)15-30(23-6-5-9-34(22)23)26(38)32(3)29(41)33(4)27(30)39/h7-8,10-14,23H,5-6,9,15H2,1-4H3,(H,31,36,40). The van der Waals surface area contributed by atoms with E-state index in [1.165, 1.54) is 20.2 Å². The second kappa shape index (κ2) is 9.12. The number of fused-ring (bicyclic) bond motifs is 4. The van der Waals surface area contributed by atoms with E-state index in [4.69, 9.17) is 0 Å². The van der Waals surface area contributed by atoms with E-state index in [9.17, 15) is 28.8 Å². The Morgan fingerprint density at radius 3 is 2.22 bits per heavy atom. The number of carbonyl (C=O) groups excluding carboxylic acids is 6. The van der Waals surface area contributed by atoms with E-state index in [0.29, 0.717) is 29.8 Å². The van der Waals surface area contributed by atoms with Gasteiger partial charge in [-0.25, -0.2) is 14.5 Å². The monoisotopic (exact) mass is 555 g/mol. The number of anilines is 2. The number of benzene rings is 2. The van der Waals surface area contributed by atoms with E-state index in [1.807, 2.05) is 26.0 Å². The van der Waals surface area contributed by atoms with Crippen molar-refractivity contribution in [2.75, 3.05) is 30.4 Å². The van der Waals surface area contributed by atoms with Gasteiger partial charge in [-0.2, -0.15) is 0 Å². The summed E-state index contributed by atoms with van der Waals surface area (Å²) in [7, 11) is 2.78. The number of aryl methyl sites for hydroxylation is 2. The third-order valence-electron chi connectivity index (χ3n) is 8.53. The van der Waals surface area contributed by atoms with Crippen molar-refractivity contribution >= 4 is 53.1 Å². The van der Waals surface area contributed by atoms with Crippen LogP contribution in [0.15, 0.2) is 42.0 Å². The first kappa shape index (κ1) is 26.4. The van der Waals surface area contributed by atoms with Gasteiger partial charge in [0.2, 0.25) is 11.8 Å². The maximum absolute atomic E-state index is 13.6. The van der Waals surface area contributed by atoms with Crippen molar-refractivity contribution in [3.63, 3.8) is 0 Å². The molecule has 1 spiro atoms. The van der Waals surface area contributed by atoms with Crippen molar-refractivity contribution in [2.24, 2.45) is 5.41 Å². The lowest BCUT2D eigenvalue weighted by Gasteiger charge is -2.50. The van der Waals surface area contributed by atoms with Crippen LogP contribution in [0, 0.1) is 19.3 Å². The van der Waals surface area contributed by atoms with Crippen molar-refractivity contribution in [2.45, 2.75) is 39.2 Å². The van der Waals surface area contributed by atoms with E-state index in [0.717, 1.165) is 37.9 Å². The van der Waals surface area contributed by atoms with Crippen molar-refractivity contribution in [3.05, 3.63) is 64.2 Å². The maximum atomic E-state index is 13.6. The molecule has 4 aliphatic rings. The van der Waals surface area contributed by atoms with Gasteiger partial charge in [-0.3, -0.25) is 34.3 Å². The van der Waals surface area contributed by atoms with Crippen LogP contribution in [0.25, 0.3) is 6.08 Å². The topological polar surface area (TPSA) is 127 Å². The fourth-order valence-corrected chi connectivity index (χ4v) is 6.77. The largest absolute Gasteiger partial charge is 0.367 e. The molecule has 1 unspecified atom stereocenters. The molecule has 4 heterocycles. The minimum absolute atomic E-state index is 0.0768. The molecular weight excluding hydrogens is 526 g/mol. The lowest BCUT2D eigenvalue weighted by Crippen LogP contribution is -2.70. The smallest absolute Gasteiger partial charge is 0.335 e. The molecule has 41 heavy (non-hydrogen) atoms. The first-order valence-corrected chi connectivity index (χ1v) is 13.4. The molecule has 6 rings (SSSR count). The van der Waals surface area contributed by atoms with E-state index < -0.39 is 41.1 Å². The number of hydrogen-bond donors (Lipinski definition) is 1. The Morgan fingerprint density at radius 1 is 0.902 bits per heavy atom. The summed E-state index contributed by atoms with van der Waals surface area (Å²) in [6, 6.07) is 8.81. The molecule has 3 fully saturated rings. The third-order valence-corrected chi connectivity index (χ3v) is 8.53. The maximum Gasteiger partial charge on any atom is 0.335 e. The number of nitrogens with one attached hydrogen (secondary N) is 1. The SMILES string of the molecule is Cc1cc(C)cc(N2C(=O)NC(=O)C(=Cc3ccc4c(c3)CC3(C(=O)N(C)C(=O)N(C)C3=O)C3CCCN43)C2=O)c1. The molecule has 3 saturated heterocycles. The van der Waals surface area contributed by atoms with E-state index >= 15 is 0 Å². The molecule has 0 bridgehead atoms. The molecule has 0 aliphatic carbocycles. The molecule has 8 amide bonds. The molecular formula is C30H29N5O6. The average Bonchev–Trinajstić information content (AvgIpc) is 3.42. The second-order valence-corrected chi connectivity index (χ2v) is 11.2. The number of urea groups is 2. The van der Waals surface area contributed by atoms with E-state index in [2.05, 4.69) is 10.2 Å². The molecule has 2 aromatic carbocycles. The summed E-state index contributed by atoms with van der Waals surface area (Å²) in [5.41, 5.74) is 2.45. The van der Waals surface area contributed by atoms with Crippen LogP contribution in [0.5, 0.6) is 0 Å². The quantitative estimate of drug-likeness (QED) is 0.343. The summed E-state index contributed by atoms with van der Waals surface area (Å²) in [4.78, 5) is 83.8. The van der Waals surface area contributed by atoms with Gasteiger partial charge in [-0.15, -0.1) is 0 Å². The number of rotatable bonds is 2. The van der Waals surface area contributed by atoms with Crippen LogP contribution in [-0.4, -0.2) is 72.2 Å². The van der Waals surface area contributed by atoms with Gasteiger partial charge in [0.1, 0.15) is 5.57 Å². The Kier molecular flexibility index (Phi) is 5.88. The molecule has 2 aromatic rings. The molecule has 210 valence electrons. The van der Waals surface area contributed by atoms with Crippen molar-refractivity contribution in [1.29, 1.82) is 0 Å². The highest BCUT2D eigenvalue weighted by atomic mass is 16.2. The lowest BCUT2D eigenvalue weighted by atomic mass is 9.68. The molecule has 0 aromatic heterocycles.